The van der Waals surface area contributed by atoms with E-state index in [4.69, 9.17) is 15.2 Å². The van der Waals surface area contributed by atoms with Gasteiger partial charge in [0.25, 0.3) is 5.91 Å². The number of carbonyl (C=O) groups excluding carboxylic acids is 2. The molecule has 4 rings (SSSR count). The fourth-order valence-electron chi connectivity index (χ4n) is 3.69. The number of hydrazine groups is 1. The number of ether oxygens (including phenoxy) is 2. The van der Waals surface area contributed by atoms with E-state index in [1.165, 1.54) is 12.7 Å². The van der Waals surface area contributed by atoms with Crippen LogP contribution in [0.2, 0.25) is 0 Å². The summed E-state index contributed by atoms with van der Waals surface area (Å²) in [5.74, 6) is 0.140. The molecule has 0 aromatic heterocycles. The predicted octanol–water partition coefficient (Wildman–Crippen LogP) is 1.43. The van der Waals surface area contributed by atoms with Crippen LogP contribution in [0.4, 0.5) is 11.4 Å². The van der Waals surface area contributed by atoms with Gasteiger partial charge in [-0.1, -0.05) is 12.1 Å². The Morgan fingerprint density at radius 1 is 1.14 bits per heavy atom. The van der Waals surface area contributed by atoms with Crippen LogP contribution in [0, 0.1) is 0 Å². The third-order valence-corrected chi connectivity index (χ3v) is 5.38. The molecule has 1 unspecified atom stereocenters. The van der Waals surface area contributed by atoms with E-state index in [1.54, 1.807) is 23.1 Å². The molecule has 2 aliphatic heterocycles. The number of anilines is 2. The van der Waals surface area contributed by atoms with Gasteiger partial charge >= 0.3 is 5.97 Å². The first-order valence-electron chi connectivity index (χ1n) is 9.58. The molecular formula is C21H24N4O4. The monoisotopic (exact) mass is 396 g/mol. The van der Waals surface area contributed by atoms with Crippen LogP contribution in [0.25, 0.3) is 0 Å². The fraction of sp³-hybridized carbons (Fsp3) is 0.333. The lowest BCUT2D eigenvalue weighted by Crippen LogP contribution is -2.32. The third kappa shape index (κ3) is 3.90. The number of benzene rings is 2. The Bertz CT molecular complexity index is 909. The second-order valence-electron chi connectivity index (χ2n) is 7.18. The molecule has 2 saturated heterocycles. The van der Waals surface area contributed by atoms with E-state index in [2.05, 4.69) is 10.9 Å². The number of amides is 1. The summed E-state index contributed by atoms with van der Waals surface area (Å²) in [4.78, 5) is 26.9. The van der Waals surface area contributed by atoms with Crippen LogP contribution in [0.5, 0.6) is 5.75 Å². The zero-order valence-electron chi connectivity index (χ0n) is 16.2. The smallest absolute Gasteiger partial charge is 0.341 e. The molecule has 8 nitrogen and oxygen atoms in total. The van der Waals surface area contributed by atoms with Crippen LogP contribution in [-0.2, 0) is 9.53 Å². The maximum atomic E-state index is 12.8. The third-order valence-electron chi connectivity index (χ3n) is 5.38. The SMILES string of the molecule is COc1ccc(C(=O)OC2CCN(c3ccc(C4CNNC4)cc3)C2=O)c(N)c1. The van der Waals surface area contributed by atoms with E-state index in [0.29, 0.717) is 24.6 Å². The quantitative estimate of drug-likeness (QED) is 0.519. The Morgan fingerprint density at radius 2 is 1.86 bits per heavy atom. The van der Waals surface area contributed by atoms with Crippen molar-refractivity contribution in [3.8, 4) is 5.75 Å². The van der Waals surface area contributed by atoms with E-state index in [9.17, 15) is 9.59 Å². The summed E-state index contributed by atoms with van der Waals surface area (Å²) in [5.41, 5.74) is 14.6. The molecule has 0 bridgehead atoms. The van der Waals surface area contributed by atoms with Crippen LogP contribution in [-0.4, -0.2) is 44.7 Å². The van der Waals surface area contributed by atoms with Gasteiger partial charge in [-0.15, -0.1) is 0 Å². The molecule has 4 N–H and O–H groups in total. The molecule has 1 atom stereocenters. The van der Waals surface area contributed by atoms with Crippen LogP contribution in [0.15, 0.2) is 42.5 Å². The van der Waals surface area contributed by atoms with Gasteiger partial charge in [0.15, 0.2) is 6.10 Å². The first-order chi connectivity index (χ1) is 14.1. The summed E-state index contributed by atoms with van der Waals surface area (Å²) >= 11 is 0. The van der Waals surface area contributed by atoms with Gasteiger partial charge in [-0.25, -0.2) is 4.79 Å². The van der Waals surface area contributed by atoms with Crippen molar-refractivity contribution in [2.45, 2.75) is 18.4 Å². The highest BCUT2D eigenvalue weighted by molar-refractivity contribution is 6.02. The molecule has 2 aromatic rings. The topological polar surface area (TPSA) is 106 Å². The Morgan fingerprint density at radius 3 is 2.52 bits per heavy atom. The average molecular weight is 396 g/mol. The van der Waals surface area contributed by atoms with Crippen LogP contribution in [0.1, 0.15) is 28.3 Å². The predicted molar refractivity (Wildman–Crippen MR) is 109 cm³/mol. The molecule has 0 saturated carbocycles. The van der Waals surface area contributed by atoms with Gasteiger partial charge in [0, 0.05) is 49.4 Å². The van der Waals surface area contributed by atoms with Crippen molar-refractivity contribution < 1.29 is 19.1 Å². The van der Waals surface area contributed by atoms with Crippen molar-refractivity contribution in [3.05, 3.63) is 53.6 Å². The van der Waals surface area contributed by atoms with Crippen molar-refractivity contribution >= 4 is 23.3 Å². The lowest BCUT2D eigenvalue weighted by atomic mass is 10.00. The van der Waals surface area contributed by atoms with Crippen molar-refractivity contribution in [2.24, 2.45) is 0 Å². The molecule has 2 heterocycles. The summed E-state index contributed by atoms with van der Waals surface area (Å²) in [6.07, 6.45) is -0.370. The van der Waals surface area contributed by atoms with E-state index in [-0.39, 0.29) is 17.2 Å². The molecule has 29 heavy (non-hydrogen) atoms. The molecule has 0 spiro atoms. The normalized spacial score (nSPS) is 19.6. The molecule has 1 amide bonds. The molecule has 0 radical (unpaired) electrons. The van der Waals surface area contributed by atoms with Gasteiger partial charge in [0.1, 0.15) is 5.75 Å². The summed E-state index contributed by atoms with van der Waals surface area (Å²) in [6.45, 7) is 2.27. The number of nitrogens with one attached hydrogen (secondary N) is 2. The highest BCUT2D eigenvalue weighted by atomic mass is 16.5. The molecule has 2 aromatic carbocycles. The van der Waals surface area contributed by atoms with Gasteiger partial charge in [0.2, 0.25) is 0 Å². The number of carbonyl (C=O) groups is 2. The summed E-state index contributed by atoms with van der Waals surface area (Å²) in [7, 11) is 1.52. The lowest BCUT2D eigenvalue weighted by Gasteiger charge is -2.18. The fourth-order valence-corrected chi connectivity index (χ4v) is 3.69. The Balaban J connectivity index is 1.41. The van der Waals surface area contributed by atoms with Gasteiger partial charge in [-0.3, -0.25) is 15.6 Å². The van der Waals surface area contributed by atoms with Gasteiger partial charge < -0.3 is 20.1 Å². The minimum atomic E-state index is -0.813. The zero-order chi connectivity index (χ0) is 20.4. The minimum Gasteiger partial charge on any atom is -0.497 e. The second-order valence-corrected chi connectivity index (χ2v) is 7.18. The standard InChI is InChI=1S/C21H24N4O4/c1-28-16-6-7-17(18(22)10-16)21(27)29-19-8-9-25(20(19)26)15-4-2-13(3-5-15)14-11-23-24-12-14/h2-7,10,14,19,23-24H,8-9,11-12,22H2,1H3. The number of nitrogen functional groups attached to an aromatic ring is 1. The first kappa shape index (κ1) is 19.2. The van der Waals surface area contributed by atoms with Crippen LogP contribution < -0.4 is 26.2 Å². The van der Waals surface area contributed by atoms with Crippen molar-refractivity contribution in [1.29, 1.82) is 0 Å². The largest absolute Gasteiger partial charge is 0.497 e. The highest BCUT2D eigenvalue weighted by Crippen LogP contribution is 2.27. The molecule has 2 fully saturated rings. The number of rotatable bonds is 5. The van der Waals surface area contributed by atoms with Gasteiger partial charge in [-0.2, -0.15) is 0 Å². The number of hydrogen-bond donors (Lipinski definition) is 3. The number of methoxy groups -OCH3 is 1. The van der Waals surface area contributed by atoms with Crippen LogP contribution in [0.3, 0.4) is 0 Å². The van der Waals surface area contributed by atoms with Gasteiger partial charge in [-0.05, 0) is 29.8 Å². The van der Waals surface area contributed by atoms with E-state index in [1.807, 2.05) is 24.3 Å². The molecule has 0 aliphatic carbocycles. The Kier molecular flexibility index (Phi) is 5.37. The molecular weight excluding hydrogens is 372 g/mol. The molecule has 152 valence electrons. The summed E-state index contributed by atoms with van der Waals surface area (Å²) < 4.78 is 10.5. The highest BCUT2D eigenvalue weighted by Gasteiger charge is 2.36. The minimum absolute atomic E-state index is 0.220. The Labute approximate surface area is 168 Å². The van der Waals surface area contributed by atoms with Crippen molar-refractivity contribution in [3.63, 3.8) is 0 Å². The van der Waals surface area contributed by atoms with Crippen molar-refractivity contribution in [2.75, 3.05) is 37.4 Å². The number of esters is 1. The van der Waals surface area contributed by atoms with E-state index in [0.717, 1.165) is 18.8 Å². The first-order valence-corrected chi connectivity index (χ1v) is 9.58. The number of hydrogen-bond acceptors (Lipinski definition) is 7. The van der Waals surface area contributed by atoms with E-state index < -0.39 is 12.1 Å². The van der Waals surface area contributed by atoms with Crippen molar-refractivity contribution in [1.82, 2.24) is 10.9 Å². The number of nitrogens with two attached hydrogens (primary N) is 1. The maximum absolute atomic E-state index is 12.8. The second kappa shape index (κ2) is 8.10. The van der Waals surface area contributed by atoms with E-state index >= 15 is 0 Å². The van der Waals surface area contributed by atoms with Crippen LogP contribution >= 0.6 is 0 Å². The average Bonchev–Trinajstić information content (AvgIpc) is 3.39. The zero-order valence-corrected chi connectivity index (χ0v) is 16.2. The lowest BCUT2D eigenvalue weighted by molar-refractivity contribution is -0.124. The number of nitrogens with zero attached hydrogens (tertiary/aromatic N) is 1. The molecule has 2 aliphatic rings. The maximum Gasteiger partial charge on any atom is 0.341 e. The Hall–Kier alpha value is -3.10. The summed E-state index contributed by atoms with van der Waals surface area (Å²) in [6, 6.07) is 12.7. The summed E-state index contributed by atoms with van der Waals surface area (Å²) in [5, 5.41) is 0. The van der Waals surface area contributed by atoms with Gasteiger partial charge in [0.05, 0.1) is 12.7 Å². The molecule has 8 heteroatoms.